The summed E-state index contributed by atoms with van der Waals surface area (Å²) in [7, 11) is 0. The van der Waals surface area contributed by atoms with Crippen LogP contribution in [-0.2, 0) is 0 Å². The molecule has 2 heterocycles. The molecule has 118 valence electrons. The fourth-order valence-corrected chi connectivity index (χ4v) is 2.82. The Morgan fingerprint density at radius 1 is 1.13 bits per heavy atom. The molecule has 1 fully saturated rings. The maximum atomic E-state index is 14.2. The van der Waals surface area contributed by atoms with E-state index in [2.05, 4.69) is 10.2 Å². The standard InChI is InChI=1S/C16H11F4N3/c17-11-4-1-8-6-13(9-5-12(16(19)20)22-21-7-9)23(10-2-3-10)15(8)14(11)18/h1,4-7,10,16H,2-3H2. The minimum Gasteiger partial charge on any atom is -0.335 e. The Morgan fingerprint density at radius 2 is 1.91 bits per heavy atom. The lowest BCUT2D eigenvalue weighted by atomic mass is 10.2. The van der Waals surface area contributed by atoms with Gasteiger partial charge >= 0.3 is 0 Å². The fourth-order valence-electron chi connectivity index (χ4n) is 2.82. The molecule has 0 bridgehead atoms. The van der Waals surface area contributed by atoms with Gasteiger partial charge < -0.3 is 4.57 Å². The van der Waals surface area contributed by atoms with Crippen molar-refractivity contribution in [3.05, 3.63) is 47.8 Å². The first kappa shape index (κ1) is 14.2. The molecule has 23 heavy (non-hydrogen) atoms. The molecule has 2 aromatic heterocycles. The predicted molar refractivity (Wildman–Crippen MR) is 76.1 cm³/mol. The summed E-state index contributed by atoms with van der Waals surface area (Å²) in [6, 6.07) is 5.50. The highest BCUT2D eigenvalue weighted by molar-refractivity contribution is 5.88. The summed E-state index contributed by atoms with van der Waals surface area (Å²) < 4.78 is 55.2. The third-order valence-electron chi connectivity index (χ3n) is 4.00. The first-order valence-electron chi connectivity index (χ1n) is 7.16. The lowest BCUT2D eigenvalue weighted by Gasteiger charge is -2.10. The third-order valence-corrected chi connectivity index (χ3v) is 4.00. The van der Waals surface area contributed by atoms with Crippen LogP contribution in [0.25, 0.3) is 22.2 Å². The average molecular weight is 321 g/mol. The van der Waals surface area contributed by atoms with E-state index in [1.54, 1.807) is 10.6 Å². The van der Waals surface area contributed by atoms with E-state index in [1.165, 1.54) is 18.3 Å². The zero-order valence-corrected chi connectivity index (χ0v) is 11.8. The van der Waals surface area contributed by atoms with E-state index in [0.717, 1.165) is 18.9 Å². The highest BCUT2D eigenvalue weighted by atomic mass is 19.3. The van der Waals surface area contributed by atoms with E-state index in [4.69, 9.17) is 0 Å². The van der Waals surface area contributed by atoms with Gasteiger partial charge in [0.15, 0.2) is 11.6 Å². The minimum atomic E-state index is -2.74. The summed E-state index contributed by atoms with van der Waals surface area (Å²) in [4.78, 5) is 0. The van der Waals surface area contributed by atoms with Gasteiger partial charge in [0, 0.05) is 17.0 Å². The van der Waals surface area contributed by atoms with Crippen molar-refractivity contribution in [2.45, 2.75) is 25.3 Å². The van der Waals surface area contributed by atoms with Gasteiger partial charge in [0.2, 0.25) is 0 Å². The number of benzene rings is 1. The molecule has 3 aromatic rings. The highest BCUT2D eigenvalue weighted by Crippen LogP contribution is 2.43. The van der Waals surface area contributed by atoms with Crippen molar-refractivity contribution in [1.29, 1.82) is 0 Å². The van der Waals surface area contributed by atoms with Crippen molar-refractivity contribution >= 4 is 10.9 Å². The molecule has 0 spiro atoms. The van der Waals surface area contributed by atoms with E-state index in [1.807, 2.05) is 0 Å². The van der Waals surface area contributed by atoms with Gasteiger partial charge in [0.05, 0.1) is 17.4 Å². The van der Waals surface area contributed by atoms with Gasteiger partial charge in [-0.3, -0.25) is 0 Å². The van der Waals surface area contributed by atoms with Crippen LogP contribution in [0.2, 0.25) is 0 Å². The van der Waals surface area contributed by atoms with Crippen molar-refractivity contribution in [3.63, 3.8) is 0 Å². The highest BCUT2D eigenvalue weighted by Gasteiger charge is 2.30. The maximum Gasteiger partial charge on any atom is 0.282 e. The third kappa shape index (κ3) is 2.27. The van der Waals surface area contributed by atoms with Gasteiger partial charge in [-0.1, -0.05) is 0 Å². The molecule has 0 unspecified atom stereocenters. The van der Waals surface area contributed by atoms with E-state index in [-0.39, 0.29) is 11.6 Å². The lowest BCUT2D eigenvalue weighted by Crippen LogP contribution is -2.01. The van der Waals surface area contributed by atoms with Crippen LogP contribution in [0.3, 0.4) is 0 Å². The number of fused-ring (bicyclic) bond motifs is 1. The fraction of sp³-hybridized carbons (Fsp3) is 0.250. The monoisotopic (exact) mass is 321 g/mol. The Bertz CT molecular complexity index is 900. The number of hydrogen-bond acceptors (Lipinski definition) is 2. The number of aromatic nitrogens is 3. The smallest absolute Gasteiger partial charge is 0.282 e. The molecular formula is C16H11F4N3. The summed E-state index contributed by atoms with van der Waals surface area (Å²) in [6.45, 7) is 0. The summed E-state index contributed by atoms with van der Waals surface area (Å²) in [6.07, 6.45) is 0.294. The van der Waals surface area contributed by atoms with Crippen molar-refractivity contribution in [2.75, 3.05) is 0 Å². The Kier molecular flexibility index (Phi) is 3.11. The van der Waals surface area contributed by atoms with Gasteiger partial charge in [-0.15, -0.1) is 5.10 Å². The van der Waals surface area contributed by atoms with E-state index in [9.17, 15) is 17.6 Å². The molecule has 3 nitrogen and oxygen atoms in total. The molecule has 1 aliphatic rings. The van der Waals surface area contributed by atoms with Gasteiger partial charge in [0.25, 0.3) is 6.43 Å². The topological polar surface area (TPSA) is 30.7 Å². The molecule has 0 saturated heterocycles. The van der Waals surface area contributed by atoms with Crippen molar-refractivity contribution < 1.29 is 17.6 Å². The molecule has 0 amide bonds. The molecule has 4 rings (SSSR count). The summed E-state index contributed by atoms with van der Waals surface area (Å²) in [5.74, 6) is -1.85. The van der Waals surface area contributed by atoms with Crippen LogP contribution >= 0.6 is 0 Å². The molecule has 1 aromatic carbocycles. The van der Waals surface area contributed by atoms with E-state index < -0.39 is 23.8 Å². The van der Waals surface area contributed by atoms with Crippen LogP contribution in [0.4, 0.5) is 17.6 Å². The number of alkyl halides is 2. The number of hydrogen-bond donors (Lipinski definition) is 0. The average Bonchev–Trinajstić information content (AvgIpc) is 3.31. The summed E-state index contributed by atoms with van der Waals surface area (Å²) in [5.41, 5.74) is 0.682. The zero-order chi connectivity index (χ0) is 16.1. The second-order valence-corrected chi connectivity index (χ2v) is 5.60. The quantitative estimate of drug-likeness (QED) is 0.658. The number of rotatable bonds is 3. The largest absolute Gasteiger partial charge is 0.335 e. The Labute approximate surface area is 128 Å². The Morgan fingerprint density at radius 3 is 2.61 bits per heavy atom. The zero-order valence-electron chi connectivity index (χ0n) is 11.8. The van der Waals surface area contributed by atoms with Crippen LogP contribution in [-0.4, -0.2) is 14.8 Å². The Hall–Kier alpha value is -2.44. The van der Waals surface area contributed by atoms with Crippen LogP contribution < -0.4 is 0 Å². The summed E-state index contributed by atoms with van der Waals surface area (Å²) in [5, 5.41) is 7.53. The normalized spacial score (nSPS) is 14.8. The second kappa shape index (κ2) is 5.04. The van der Waals surface area contributed by atoms with Crippen LogP contribution in [0.5, 0.6) is 0 Å². The second-order valence-electron chi connectivity index (χ2n) is 5.60. The molecule has 0 atom stereocenters. The molecular weight excluding hydrogens is 310 g/mol. The van der Waals surface area contributed by atoms with Crippen molar-refractivity contribution in [2.24, 2.45) is 0 Å². The SMILES string of the molecule is Fc1ccc2cc(-c3cnnc(C(F)F)c3)n(C3CC3)c2c1F. The number of halogens is 4. The van der Waals surface area contributed by atoms with Gasteiger partial charge in [-0.2, -0.15) is 5.10 Å². The first-order valence-corrected chi connectivity index (χ1v) is 7.16. The Balaban J connectivity index is 1.99. The number of nitrogens with zero attached hydrogens (tertiary/aromatic N) is 3. The van der Waals surface area contributed by atoms with Crippen molar-refractivity contribution in [3.8, 4) is 11.3 Å². The minimum absolute atomic E-state index is 0.0435. The molecule has 1 saturated carbocycles. The van der Waals surface area contributed by atoms with Gasteiger partial charge in [-0.25, -0.2) is 17.6 Å². The van der Waals surface area contributed by atoms with Crippen molar-refractivity contribution in [1.82, 2.24) is 14.8 Å². The van der Waals surface area contributed by atoms with Crippen LogP contribution in [0.1, 0.15) is 31.0 Å². The summed E-state index contributed by atoms with van der Waals surface area (Å²) >= 11 is 0. The van der Waals surface area contributed by atoms with E-state index in [0.29, 0.717) is 16.6 Å². The van der Waals surface area contributed by atoms with E-state index >= 15 is 0 Å². The molecule has 1 aliphatic carbocycles. The molecule has 7 heteroatoms. The maximum absolute atomic E-state index is 14.2. The van der Waals surface area contributed by atoms with Crippen LogP contribution in [0, 0.1) is 11.6 Å². The molecule has 0 N–H and O–H groups in total. The van der Waals surface area contributed by atoms with Gasteiger partial charge in [0.1, 0.15) is 5.69 Å². The lowest BCUT2D eigenvalue weighted by molar-refractivity contribution is 0.145. The van der Waals surface area contributed by atoms with Gasteiger partial charge in [-0.05, 0) is 37.1 Å². The molecule has 0 aliphatic heterocycles. The first-order chi connectivity index (χ1) is 11.1. The molecule has 0 radical (unpaired) electrons. The van der Waals surface area contributed by atoms with Crippen LogP contribution in [0.15, 0.2) is 30.5 Å². The predicted octanol–water partition coefficient (Wildman–Crippen LogP) is 4.65.